The molecule has 0 aliphatic carbocycles. The molecule has 0 N–H and O–H groups in total. The number of likely N-dealkylation sites (tertiary alicyclic amines) is 1. The zero-order chi connectivity index (χ0) is 16.8. The van der Waals surface area contributed by atoms with Crippen LogP contribution in [0, 0.1) is 25.7 Å². The van der Waals surface area contributed by atoms with Gasteiger partial charge in [-0.3, -0.25) is 9.59 Å². The highest BCUT2D eigenvalue weighted by Crippen LogP contribution is 2.38. The molecule has 2 amide bonds. The van der Waals surface area contributed by atoms with Crippen LogP contribution in [0.3, 0.4) is 0 Å². The molecule has 0 unspecified atom stereocenters. The lowest BCUT2D eigenvalue weighted by atomic mass is 9.76. The van der Waals surface area contributed by atoms with E-state index in [1.165, 1.54) is 0 Å². The minimum atomic E-state index is 0.162. The molecule has 0 radical (unpaired) electrons. The maximum absolute atomic E-state index is 12.8. The summed E-state index contributed by atoms with van der Waals surface area (Å²) in [5.41, 5.74) is 1.73. The third-order valence-electron chi connectivity index (χ3n) is 6.04. The smallest absolute Gasteiger partial charge is 0.227 e. The van der Waals surface area contributed by atoms with E-state index >= 15 is 0 Å². The van der Waals surface area contributed by atoms with E-state index in [1.54, 1.807) is 0 Å². The van der Waals surface area contributed by atoms with Crippen molar-refractivity contribution in [3.8, 4) is 0 Å². The third kappa shape index (κ3) is 2.62. The van der Waals surface area contributed by atoms with Crippen molar-refractivity contribution in [1.82, 2.24) is 15.0 Å². The molecule has 3 aliphatic heterocycles. The Morgan fingerprint density at radius 2 is 2.12 bits per heavy atom. The first kappa shape index (κ1) is 15.7. The predicted octanol–water partition coefficient (Wildman–Crippen LogP) is 1.69. The van der Waals surface area contributed by atoms with E-state index in [2.05, 4.69) is 10.1 Å². The van der Waals surface area contributed by atoms with Gasteiger partial charge in [0, 0.05) is 37.7 Å². The van der Waals surface area contributed by atoms with E-state index in [1.807, 2.05) is 18.7 Å². The van der Waals surface area contributed by atoms with Crippen molar-refractivity contribution < 1.29 is 14.1 Å². The van der Waals surface area contributed by atoms with Gasteiger partial charge in [0.15, 0.2) is 0 Å². The normalized spacial score (nSPS) is 29.6. The Hall–Kier alpha value is -1.85. The molecule has 6 nitrogen and oxygen atoms in total. The van der Waals surface area contributed by atoms with Gasteiger partial charge in [-0.1, -0.05) is 5.16 Å². The number of aromatic nitrogens is 1. The Balaban J connectivity index is 1.47. The molecule has 2 bridgehead atoms. The molecular weight excluding hydrogens is 306 g/mol. The highest BCUT2D eigenvalue weighted by Gasteiger charge is 2.44. The van der Waals surface area contributed by atoms with Gasteiger partial charge in [0.25, 0.3) is 0 Å². The fourth-order valence-electron chi connectivity index (χ4n) is 4.83. The summed E-state index contributed by atoms with van der Waals surface area (Å²) in [5.74, 6) is 2.08. The van der Waals surface area contributed by atoms with Gasteiger partial charge in [0.05, 0.1) is 12.1 Å². The van der Waals surface area contributed by atoms with Crippen molar-refractivity contribution in [2.75, 3.05) is 19.6 Å². The van der Waals surface area contributed by atoms with E-state index < -0.39 is 0 Å². The summed E-state index contributed by atoms with van der Waals surface area (Å²) >= 11 is 0. The van der Waals surface area contributed by atoms with E-state index in [-0.39, 0.29) is 5.91 Å². The first-order valence-corrected chi connectivity index (χ1v) is 9.02. The number of aryl methyl sites for hydroxylation is 2. The topological polar surface area (TPSA) is 66.7 Å². The molecule has 24 heavy (non-hydrogen) atoms. The molecule has 3 aliphatic rings. The van der Waals surface area contributed by atoms with Gasteiger partial charge in [-0.15, -0.1) is 0 Å². The SMILES string of the molecule is Cc1noc(C)c1CC(=O)N1C[C@H]2C[C@H](C1)[C@H]1CCCC(=O)N1C2. The number of rotatable bonds is 2. The van der Waals surface area contributed by atoms with Crippen LogP contribution < -0.4 is 0 Å². The van der Waals surface area contributed by atoms with Crippen molar-refractivity contribution in [2.45, 2.75) is 52.0 Å². The molecule has 130 valence electrons. The lowest BCUT2D eigenvalue weighted by Gasteiger charge is -2.52. The summed E-state index contributed by atoms with van der Waals surface area (Å²) in [5, 5.41) is 3.94. The number of hydrogen-bond donors (Lipinski definition) is 0. The summed E-state index contributed by atoms with van der Waals surface area (Å²) in [6.45, 7) is 6.13. The maximum atomic E-state index is 12.8. The monoisotopic (exact) mass is 331 g/mol. The minimum absolute atomic E-state index is 0.162. The first-order chi connectivity index (χ1) is 11.5. The van der Waals surface area contributed by atoms with Crippen LogP contribution in [0.2, 0.25) is 0 Å². The van der Waals surface area contributed by atoms with Crippen molar-refractivity contribution in [2.24, 2.45) is 11.8 Å². The molecule has 4 heterocycles. The number of fused-ring (bicyclic) bond motifs is 4. The highest BCUT2D eigenvalue weighted by molar-refractivity contribution is 5.80. The highest BCUT2D eigenvalue weighted by atomic mass is 16.5. The van der Waals surface area contributed by atoms with Gasteiger partial charge in [0.2, 0.25) is 11.8 Å². The van der Waals surface area contributed by atoms with Crippen LogP contribution in [-0.2, 0) is 16.0 Å². The van der Waals surface area contributed by atoms with Crippen molar-refractivity contribution in [1.29, 1.82) is 0 Å². The van der Waals surface area contributed by atoms with Gasteiger partial charge in [-0.25, -0.2) is 0 Å². The van der Waals surface area contributed by atoms with Crippen LogP contribution in [0.15, 0.2) is 4.52 Å². The molecule has 3 saturated heterocycles. The molecule has 1 aromatic rings. The van der Waals surface area contributed by atoms with Gasteiger partial charge in [0.1, 0.15) is 5.76 Å². The van der Waals surface area contributed by atoms with E-state index in [0.29, 0.717) is 36.6 Å². The van der Waals surface area contributed by atoms with Crippen LogP contribution in [0.25, 0.3) is 0 Å². The minimum Gasteiger partial charge on any atom is -0.361 e. The summed E-state index contributed by atoms with van der Waals surface area (Å²) in [6.07, 6.45) is 4.31. The Morgan fingerprint density at radius 1 is 1.29 bits per heavy atom. The molecule has 3 fully saturated rings. The predicted molar refractivity (Wildman–Crippen MR) is 87.2 cm³/mol. The molecular formula is C18H25N3O3. The quantitative estimate of drug-likeness (QED) is 0.827. The lowest BCUT2D eigenvalue weighted by Crippen LogP contribution is -2.61. The Labute approximate surface area is 142 Å². The van der Waals surface area contributed by atoms with Gasteiger partial charge in [-0.05, 0) is 44.9 Å². The zero-order valence-corrected chi connectivity index (χ0v) is 14.5. The summed E-state index contributed by atoms with van der Waals surface area (Å²) in [7, 11) is 0. The summed E-state index contributed by atoms with van der Waals surface area (Å²) in [4.78, 5) is 29.1. The van der Waals surface area contributed by atoms with Crippen LogP contribution in [-0.4, -0.2) is 52.4 Å². The number of hydrogen-bond acceptors (Lipinski definition) is 4. The fourth-order valence-corrected chi connectivity index (χ4v) is 4.83. The molecule has 0 spiro atoms. The Kier molecular flexibility index (Phi) is 3.85. The van der Waals surface area contributed by atoms with Gasteiger partial charge >= 0.3 is 0 Å². The van der Waals surface area contributed by atoms with E-state index in [9.17, 15) is 9.59 Å². The van der Waals surface area contributed by atoms with Crippen LogP contribution in [0.1, 0.15) is 42.7 Å². The maximum Gasteiger partial charge on any atom is 0.227 e. The lowest BCUT2D eigenvalue weighted by molar-refractivity contribution is -0.148. The average molecular weight is 331 g/mol. The second-order valence-electron chi connectivity index (χ2n) is 7.65. The molecule has 0 aromatic carbocycles. The largest absolute Gasteiger partial charge is 0.361 e. The van der Waals surface area contributed by atoms with Crippen molar-refractivity contribution in [3.63, 3.8) is 0 Å². The molecule has 4 rings (SSSR count). The van der Waals surface area contributed by atoms with Crippen LogP contribution >= 0.6 is 0 Å². The van der Waals surface area contributed by atoms with Crippen LogP contribution in [0.4, 0.5) is 0 Å². The van der Waals surface area contributed by atoms with E-state index in [0.717, 1.165) is 55.9 Å². The second kappa shape index (κ2) is 5.90. The third-order valence-corrected chi connectivity index (χ3v) is 6.04. The number of carbonyl (C=O) groups excluding carboxylic acids is 2. The Morgan fingerprint density at radius 3 is 2.88 bits per heavy atom. The molecule has 0 saturated carbocycles. The molecule has 6 heteroatoms. The number of piperidine rings is 3. The zero-order valence-electron chi connectivity index (χ0n) is 14.5. The summed E-state index contributed by atoms with van der Waals surface area (Å²) in [6, 6.07) is 0.345. The number of amides is 2. The van der Waals surface area contributed by atoms with Gasteiger partial charge < -0.3 is 14.3 Å². The fraction of sp³-hybridized carbons (Fsp3) is 0.722. The van der Waals surface area contributed by atoms with Crippen molar-refractivity contribution >= 4 is 11.8 Å². The first-order valence-electron chi connectivity index (χ1n) is 9.02. The van der Waals surface area contributed by atoms with Crippen molar-refractivity contribution in [3.05, 3.63) is 17.0 Å². The second-order valence-corrected chi connectivity index (χ2v) is 7.65. The van der Waals surface area contributed by atoms with E-state index in [4.69, 9.17) is 4.52 Å². The molecule has 1 aromatic heterocycles. The average Bonchev–Trinajstić information content (AvgIpc) is 2.87. The van der Waals surface area contributed by atoms with Crippen LogP contribution in [0.5, 0.6) is 0 Å². The standard InChI is InChI=1S/C18H25N3O3/c1-11-15(12(2)24-19-11)7-18(23)20-8-13-6-14(10-20)16-4-3-5-17(22)21(16)9-13/h13-14,16H,3-10H2,1-2H3/t13-,14-,16-/m1/s1. The molecule has 3 atom stereocenters. The number of carbonyl (C=O) groups is 2. The summed E-state index contributed by atoms with van der Waals surface area (Å²) < 4.78 is 5.18. The number of nitrogens with zero attached hydrogens (tertiary/aromatic N) is 3. The van der Waals surface area contributed by atoms with Gasteiger partial charge in [-0.2, -0.15) is 0 Å². The Bertz CT molecular complexity index is 649.